The maximum Gasteiger partial charge on any atom is 0.135 e. The Kier molecular flexibility index (Phi) is 7.17. The lowest BCUT2D eigenvalue weighted by Gasteiger charge is -2.26. The molecule has 9 aromatic carbocycles. The molecule has 0 aliphatic carbocycles. The average molecular weight is 703 g/mol. The zero-order chi connectivity index (χ0) is 36.3. The maximum atomic E-state index is 6.24. The number of para-hydroxylation sites is 3. The van der Waals surface area contributed by atoms with E-state index >= 15 is 0 Å². The number of furan rings is 1. The fraction of sp³-hybridized carbons (Fsp3) is 0. The van der Waals surface area contributed by atoms with E-state index in [-0.39, 0.29) is 0 Å². The molecule has 2 aromatic heterocycles. The SMILES string of the molecule is c1ccc(-c2cccc(N(c3cccc(-c4ccc5cc6c7ccccc7n(-c7ccccc7)c6cc5c4)c3)c3ccc4oc5ccccc5c4c3)c2)cc1. The van der Waals surface area contributed by atoms with E-state index in [0.717, 1.165) is 50.3 Å². The van der Waals surface area contributed by atoms with Crippen LogP contribution >= 0.6 is 0 Å². The van der Waals surface area contributed by atoms with Crippen LogP contribution in [0.1, 0.15) is 0 Å². The highest BCUT2D eigenvalue weighted by Gasteiger charge is 2.18. The lowest BCUT2D eigenvalue weighted by atomic mass is 9.99. The molecule has 0 bridgehead atoms. The summed E-state index contributed by atoms with van der Waals surface area (Å²) in [6.45, 7) is 0. The molecule has 11 rings (SSSR count). The number of fused-ring (bicyclic) bond motifs is 7. The summed E-state index contributed by atoms with van der Waals surface area (Å²) in [5, 5.41) is 7.17. The molecule has 3 nitrogen and oxygen atoms in total. The van der Waals surface area contributed by atoms with Crippen LogP contribution in [0.25, 0.3) is 82.5 Å². The van der Waals surface area contributed by atoms with Gasteiger partial charge in [0.15, 0.2) is 0 Å². The van der Waals surface area contributed by atoms with Crippen LogP contribution in [-0.4, -0.2) is 4.57 Å². The summed E-state index contributed by atoms with van der Waals surface area (Å²) in [7, 11) is 0. The minimum absolute atomic E-state index is 0.883. The molecule has 0 N–H and O–H groups in total. The van der Waals surface area contributed by atoms with Crippen LogP contribution in [0, 0.1) is 0 Å². The quantitative estimate of drug-likeness (QED) is 0.172. The maximum absolute atomic E-state index is 6.24. The van der Waals surface area contributed by atoms with E-state index in [1.165, 1.54) is 49.3 Å². The Morgan fingerprint density at radius 1 is 0.327 bits per heavy atom. The van der Waals surface area contributed by atoms with Crippen molar-refractivity contribution < 1.29 is 4.42 Å². The highest BCUT2D eigenvalue weighted by atomic mass is 16.3. The van der Waals surface area contributed by atoms with Gasteiger partial charge in [-0.2, -0.15) is 0 Å². The first-order chi connectivity index (χ1) is 27.2. The van der Waals surface area contributed by atoms with E-state index in [9.17, 15) is 0 Å². The number of aromatic nitrogens is 1. The van der Waals surface area contributed by atoms with Gasteiger partial charge in [-0.3, -0.25) is 0 Å². The summed E-state index contributed by atoms with van der Waals surface area (Å²) in [5.41, 5.74) is 13.3. The van der Waals surface area contributed by atoms with Crippen molar-refractivity contribution in [2.24, 2.45) is 0 Å². The van der Waals surface area contributed by atoms with Crippen LogP contribution < -0.4 is 4.90 Å². The van der Waals surface area contributed by atoms with E-state index in [2.05, 4.69) is 204 Å². The summed E-state index contributed by atoms with van der Waals surface area (Å²) >= 11 is 0. The highest BCUT2D eigenvalue weighted by Crippen LogP contribution is 2.42. The van der Waals surface area contributed by atoms with Crippen molar-refractivity contribution in [3.05, 3.63) is 206 Å². The zero-order valence-electron chi connectivity index (χ0n) is 29.9. The number of hydrogen-bond acceptors (Lipinski definition) is 2. The lowest BCUT2D eigenvalue weighted by molar-refractivity contribution is 0.669. The smallest absolute Gasteiger partial charge is 0.135 e. The van der Waals surface area contributed by atoms with Crippen LogP contribution in [0.4, 0.5) is 17.1 Å². The molecule has 0 aliphatic rings. The van der Waals surface area contributed by atoms with Gasteiger partial charge in [0.25, 0.3) is 0 Å². The van der Waals surface area contributed by atoms with E-state index in [1.54, 1.807) is 0 Å². The van der Waals surface area contributed by atoms with E-state index in [4.69, 9.17) is 4.42 Å². The van der Waals surface area contributed by atoms with Crippen LogP contribution in [-0.2, 0) is 0 Å². The summed E-state index contributed by atoms with van der Waals surface area (Å²) in [4.78, 5) is 2.36. The molecule has 11 aromatic rings. The first kappa shape index (κ1) is 31.2. The summed E-state index contributed by atoms with van der Waals surface area (Å²) in [6, 6.07) is 74.1. The van der Waals surface area contributed by atoms with Gasteiger partial charge in [-0.25, -0.2) is 0 Å². The van der Waals surface area contributed by atoms with Crippen molar-refractivity contribution in [2.75, 3.05) is 4.90 Å². The van der Waals surface area contributed by atoms with Gasteiger partial charge < -0.3 is 13.9 Å². The summed E-state index contributed by atoms with van der Waals surface area (Å²) in [5.74, 6) is 0. The number of rotatable bonds is 6. The second-order valence-corrected chi connectivity index (χ2v) is 14.2. The van der Waals surface area contributed by atoms with Crippen molar-refractivity contribution in [3.8, 4) is 27.9 Å². The Labute approximate surface area is 318 Å². The molecule has 55 heavy (non-hydrogen) atoms. The Morgan fingerprint density at radius 3 is 1.75 bits per heavy atom. The second kappa shape index (κ2) is 12.6. The van der Waals surface area contributed by atoms with E-state index < -0.39 is 0 Å². The third kappa shape index (κ3) is 5.28. The third-order valence-electron chi connectivity index (χ3n) is 10.9. The Bertz CT molecular complexity index is 3210. The van der Waals surface area contributed by atoms with Crippen LogP contribution in [0.5, 0.6) is 0 Å². The van der Waals surface area contributed by atoms with Crippen molar-refractivity contribution >= 4 is 71.6 Å². The molecule has 0 radical (unpaired) electrons. The number of hydrogen-bond donors (Lipinski definition) is 0. The standard InChI is InChI=1S/C52H34N2O/c1-3-13-35(14-4-1)36-15-11-19-42(30-36)53(44-27-28-52-48(34-44)46-22-8-10-24-51(46)55-52)43-20-12-16-37(31-43)38-25-26-39-32-47-45-21-7-9-23-49(45)54(41-17-5-2-6-18-41)50(47)33-40(39)29-38/h1-34H. The lowest BCUT2D eigenvalue weighted by Crippen LogP contribution is -2.10. The zero-order valence-corrected chi connectivity index (χ0v) is 29.9. The van der Waals surface area contributed by atoms with Crippen LogP contribution in [0.2, 0.25) is 0 Å². The highest BCUT2D eigenvalue weighted by molar-refractivity contribution is 6.14. The van der Waals surface area contributed by atoms with Gasteiger partial charge in [-0.15, -0.1) is 0 Å². The first-order valence-electron chi connectivity index (χ1n) is 18.7. The third-order valence-corrected chi connectivity index (χ3v) is 10.9. The van der Waals surface area contributed by atoms with Gasteiger partial charge in [0, 0.05) is 44.3 Å². The molecule has 0 fully saturated rings. The molecule has 2 heterocycles. The molecule has 0 saturated carbocycles. The van der Waals surface area contributed by atoms with Gasteiger partial charge in [-0.05, 0) is 118 Å². The largest absolute Gasteiger partial charge is 0.456 e. The van der Waals surface area contributed by atoms with Gasteiger partial charge in [-0.1, -0.05) is 121 Å². The Hall–Kier alpha value is -7.36. The molecule has 0 spiro atoms. The normalized spacial score (nSPS) is 11.6. The molecule has 0 atom stereocenters. The number of anilines is 3. The van der Waals surface area contributed by atoms with Crippen molar-refractivity contribution in [1.82, 2.24) is 4.57 Å². The molecule has 0 aliphatic heterocycles. The summed E-state index contributed by atoms with van der Waals surface area (Å²) in [6.07, 6.45) is 0. The molecule has 258 valence electrons. The van der Waals surface area contributed by atoms with Gasteiger partial charge >= 0.3 is 0 Å². The van der Waals surface area contributed by atoms with Crippen LogP contribution in [0.15, 0.2) is 211 Å². The predicted molar refractivity (Wildman–Crippen MR) is 231 cm³/mol. The number of nitrogens with zero attached hydrogens (tertiary/aromatic N) is 2. The van der Waals surface area contributed by atoms with Gasteiger partial charge in [0.2, 0.25) is 0 Å². The minimum atomic E-state index is 0.883. The second-order valence-electron chi connectivity index (χ2n) is 14.2. The molecular formula is C52H34N2O. The molecule has 0 amide bonds. The molecule has 0 saturated heterocycles. The van der Waals surface area contributed by atoms with Crippen molar-refractivity contribution in [3.63, 3.8) is 0 Å². The Balaban J connectivity index is 1.07. The Morgan fingerprint density at radius 2 is 0.945 bits per heavy atom. The van der Waals surface area contributed by atoms with Gasteiger partial charge in [0.05, 0.1) is 11.0 Å². The van der Waals surface area contributed by atoms with E-state index in [0.29, 0.717) is 0 Å². The average Bonchev–Trinajstić information content (AvgIpc) is 3.78. The van der Waals surface area contributed by atoms with Crippen molar-refractivity contribution in [2.45, 2.75) is 0 Å². The van der Waals surface area contributed by atoms with Crippen molar-refractivity contribution in [1.29, 1.82) is 0 Å². The molecule has 3 heteroatoms. The fourth-order valence-electron chi connectivity index (χ4n) is 8.33. The van der Waals surface area contributed by atoms with Crippen LogP contribution in [0.3, 0.4) is 0 Å². The first-order valence-corrected chi connectivity index (χ1v) is 18.7. The topological polar surface area (TPSA) is 21.3 Å². The van der Waals surface area contributed by atoms with Gasteiger partial charge in [0.1, 0.15) is 11.2 Å². The minimum Gasteiger partial charge on any atom is -0.456 e. The predicted octanol–water partition coefficient (Wildman–Crippen LogP) is 14.6. The fourth-order valence-corrected chi connectivity index (χ4v) is 8.33. The van der Waals surface area contributed by atoms with E-state index in [1.807, 2.05) is 12.1 Å². The monoisotopic (exact) mass is 702 g/mol. The molecular weight excluding hydrogens is 669 g/mol. The summed E-state index contributed by atoms with van der Waals surface area (Å²) < 4.78 is 8.63. The number of benzene rings is 9. The molecule has 0 unspecified atom stereocenters.